The number of piperidine rings is 1. The van der Waals surface area contributed by atoms with Crippen molar-refractivity contribution in [3.63, 3.8) is 0 Å². The van der Waals surface area contributed by atoms with Crippen molar-refractivity contribution in [2.75, 3.05) is 13.2 Å². The van der Waals surface area contributed by atoms with Gasteiger partial charge in [0.15, 0.2) is 0 Å². The molecule has 1 aliphatic rings. The molecule has 0 saturated carbocycles. The predicted octanol–water partition coefficient (Wildman–Crippen LogP) is 1.91. The van der Waals surface area contributed by atoms with Crippen molar-refractivity contribution in [3.05, 3.63) is 24.3 Å². The van der Waals surface area contributed by atoms with Crippen LogP contribution in [-0.4, -0.2) is 43.0 Å². The Hall–Kier alpha value is -1.64. The summed E-state index contributed by atoms with van der Waals surface area (Å²) in [7, 11) is -3.80. The zero-order valence-corrected chi connectivity index (χ0v) is 14.6. The van der Waals surface area contributed by atoms with Crippen LogP contribution in [0.25, 0.3) is 0 Å². The molecule has 1 aromatic carbocycles. The van der Waals surface area contributed by atoms with E-state index in [0.29, 0.717) is 25.2 Å². The predicted molar refractivity (Wildman–Crippen MR) is 88.3 cm³/mol. The second-order valence-corrected chi connectivity index (χ2v) is 7.67. The zero-order valence-electron chi connectivity index (χ0n) is 13.8. The van der Waals surface area contributed by atoms with Gasteiger partial charge < -0.3 is 4.74 Å². The fourth-order valence-electron chi connectivity index (χ4n) is 2.71. The molecule has 8 heteroatoms. The summed E-state index contributed by atoms with van der Waals surface area (Å²) in [5.74, 6) is -0.0801. The maximum atomic E-state index is 12.8. The van der Waals surface area contributed by atoms with E-state index in [1.807, 2.05) is 0 Å². The molecule has 0 aromatic heterocycles. The fraction of sp³-hybridized carbons (Fsp3) is 0.562. The van der Waals surface area contributed by atoms with Crippen LogP contribution in [0.4, 0.5) is 0 Å². The minimum absolute atomic E-state index is 0.114. The van der Waals surface area contributed by atoms with Gasteiger partial charge in [0, 0.05) is 6.54 Å². The van der Waals surface area contributed by atoms with E-state index < -0.39 is 22.0 Å². The highest BCUT2D eigenvalue weighted by molar-refractivity contribution is 7.89. The molecule has 2 rings (SSSR count). The lowest BCUT2D eigenvalue weighted by Crippen LogP contribution is -2.51. The highest BCUT2D eigenvalue weighted by Crippen LogP contribution is 2.26. The minimum atomic E-state index is -3.80. The number of benzene rings is 1. The van der Waals surface area contributed by atoms with Gasteiger partial charge in [-0.1, -0.05) is 19.8 Å². The van der Waals surface area contributed by atoms with E-state index in [2.05, 4.69) is 6.92 Å². The third kappa shape index (κ3) is 4.25. The molecular weight excluding hydrogens is 332 g/mol. The molecule has 134 valence electrons. The van der Waals surface area contributed by atoms with E-state index >= 15 is 0 Å². The first-order chi connectivity index (χ1) is 11.5. The Morgan fingerprint density at radius 2 is 2.04 bits per heavy atom. The van der Waals surface area contributed by atoms with Crippen molar-refractivity contribution in [2.45, 2.75) is 50.0 Å². The van der Waals surface area contributed by atoms with Crippen molar-refractivity contribution < 1.29 is 23.2 Å². The average molecular weight is 356 g/mol. The maximum Gasteiger partial charge on any atom is 0.261 e. The summed E-state index contributed by atoms with van der Waals surface area (Å²) in [6, 6.07) is 5.33. The number of carbonyl (C=O) groups excluding carboxylic acids is 1. The number of amides is 1. The molecule has 1 aliphatic heterocycles. The first kappa shape index (κ1) is 18.7. The van der Waals surface area contributed by atoms with Gasteiger partial charge in [-0.2, -0.15) is 4.31 Å². The number of rotatable bonds is 7. The second-order valence-electron chi connectivity index (χ2n) is 5.78. The van der Waals surface area contributed by atoms with Gasteiger partial charge >= 0.3 is 0 Å². The summed E-state index contributed by atoms with van der Waals surface area (Å²) in [4.78, 5) is 11.9. The van der Waals surface area contributed by atoms with Crippen molar-refractivity contribution in [1.29, 1.82) is 0 Å². The van der Waals surface area contributed by atoms with Crippen LogP contribution in [0.15, 0.2) is 29.2 Å². The molecule has 1 saturated heterocycles. The van der Waals surface area contributed by atoms with Crippen LogP contribution in [0.1, 0.15) is 39.0 Å². The van der Waals surface area contributed by atoms with Crippen LogP contribution in [0.5, 0.6) is 5.75 Å². The Balaban J connectivity index is 2.17. The fourth-order valence-corrected chi connectivity index (χ4v) is 4.36. The lowest BCUT2D eigenvalue weighted by molar-refractivity contribution is -0.134. The van der Waals surface area contributed by atoms with Crippen molar-refractivity contribution in [2.24, 2.45) is 0 Å². The first-order valence-corrected chi connectivity index (χ1v) is 9.63. The highest BCUT2D eigenvalue weighted by atomic mass is 32.2. The summed E-state index contributed by atoms with van der Waals surface area (Å²) in [6.45, 7) is 2.92. The summed E-state index contributed by atoms with van der Waals surface area (Å²) < 4.78 is 32.3. The molecular formula is C16H24N2O5S. The number of hydroxylamine groups is 1. The first-order valence-electron chi connectivity index (χ1n) is 8.19. The van der Waals surface area contributed by atoms with E-state index in [1.54, 1.807) is 17.6 Å². The minimum Gasteiger partial charge on any atom is -0.494 e. The van der Waals surface area contributed by atoms with Gasteiger partial charge in [0.25, 0.3) is 5.91 Å². The number of nitrogens with zero attached hydrogens (tertiary/aromatic N) is 1. The molecule has 1 unspecified atom stereocenters. The molecule has 1 fully saturated rings. The summed E-state index contributed by atoms with van der Waals surface area (Å²) in [5.41, 5.74) is 1.56. The normalized spacial score (nSPS) is 19.0. The third-order valence-electron chi connectivity index (χ3n) is 4.06. The Morgan fingerprint density at radius 1 is 1.33 bits per heavy atom. The summed E-state index contributed by atoms with van der Waals surface area (Å²) >= 11 is 0. The van der Waals surface area contributed by atoms with Crippen molar-refractivity contribution in [3.8, 4) is 5.75 Å². The number of hydrogen-bond acceptors (Lipinski definition) is 5. The SMILES string of the molecule is CCCCOc1ccc(S(=O)(=O)N2CCCCC2C(=O)NO)cc1. The molecule has 0 radical (unpaired) electrons. The molecule has 1 heterocycles. The number of ether oxygens (including phenoxy) is 1. The topological polar surface area (TPSA) is 95.9 Å². The van der Waals surface area contributed by atoms with E-state index in [0.717, 1.165) is 23.6 Å². The van der Waals surface area contributed by atoms with Gasteiger partial charge in [-0.3, -0.25) is 10.0 Å². The largest absolute Gasteiger partial charge is 0.494 e. The summed E-state index contributed by atoms with van der Waals surface area (Å²) in [6.07, 6.45) is 3.78. The Morgan fingerprint density at radius 3 is 2.67 bits per heavy atom. The van der Waals surface area contributed by atoms with E-state index in [4.69, 9.17) is 9.94 Å². The van der Waals surface area contributed by atoms with Crippen molar-refractivity contribution >= 4 is 15.9 Å². The standard InChI is InChI=1S/C16H24N2O5S/c1-2-3-12-23-13-7-9-14(10-8-13)24(21,22)18-11-5-4-6-15(18)16(19)17-20/h7-10,15,20H,2-6,11-12H2,1H3,(H,17,19). The van der Waals surface area contributed by atoms with E-state index in [9.17, 15) is 13.2 Å². The zero-order chi connectivity index (χ0) is 17.6. The van der Waals surface area contributed by atoms with E-state index in [1.165, 1.54) is 12.1 Å². The molecule has 1 amide bonds. The van der Waals surface area contributed by atoms with Crippen LogP contribution < -0.4 is 10.2 Å². The molecule has 2 N–H and O–H groups in total. The Labute approximate surface area is 142 Å². The number of nitrogens with one attached hydrogen (secondary N) is 1. The van der Waals surface area contributed by atoms with Gasteiger partial charge in [-0.15, -0.1) is 0 Å². The van der Waals surface area contributed by atoms with Gasteiger partial charge in [0.05, 0.1) is 11.5 Å². The van der Waals surface area contributed by atoms with Crippen molar-refractivity contribution in [1.82, 2.24) is 9.79 Å². The van der Waals surface area contributed by atoms with Gasteiger partial charge in [-0.25, -0.2) is 13.9 Å². The summed E-state index contributed by atoms with van der Waals surface area (Å²) in [5, 5.41) is 8.84. The molecule has 7 nitrogen and oxygen atoms in total. The molecule has 0 bridgehead atoms. The van der Waals surface area contributed by atoms with Gasteiger partial charge in [0.2, 0.25) is 10.0 Å². The molecule has 0 aliphatic carbocycles. The van der Waals surface area contributed by atoms with Crippen LogP contribution in [-0.2, 0) is 14.8 Å². The van der Waals surface area contributed by atoms with Crippen LogP contribution in [0.3, 0.4) is 0 Å². The third-order valence-corrected chi connectivity index (χ3v) is 5.99. The lowest BCUT2D eigenvalue weighted by atomic mass is 10.0. The van der Waals surface area contributed by atoms with Gasteiger partial charge in [0.1, 0.15) is 11.8 Å². The second kappa shape index (κ2) is 8.46. The van der Waals surface area contributed by atoms with Crippen LogP contribution >= 0.6 is 0 Å². The molecule has 1 atom stereocenters. The smallest absolute Gasteiger partial charge is 0.261 e. The quantitative estimate of drug-likeness (QED) is 0.442. The lowest BCUT2D eigenvalue weighted by Gasteiger charge is -2.33. The van der Waals surface area contributed by atoms with Crippen LogP contribution in [0.2, 0.25) is 0 Å². The Kier molecular flexibility index (Phi) is 6.59. The van der Waals surface area contributed by atoms with Gasteiger partial charge in [-0.05, 0) is 43.5 Å². The number of sulfonamides is 1. The molecule has 1 aromatic rings. The number of hydrogen-bond donors (Lipinski definition) is 2. The Bertz CT molecular complexity index is 645. The molecule has 0 spiro atoms. The highest BCUT2D eigenvalue weighted by Gasteiger charge is 2.37. The number of carbonyl (C=O) groups is 1. The number of unbranched alkanes of at least 4 members (excludes halogenated alkanes) is 1. The molecule has 24 heavy (non-hydrogen) atoms. The maximum absolute atomic E-state index is 12.8. The van der Waals surface area contributed by atoms with E-state index in [-0.39, 0.29) is 11.4 Å². The average Bonchev–Trinajstić information content (AvgIpc) is 2.61. The monoisotopic (exact) mass is 356 g/mol. The van der Waals surface area contributed by atoms with Crippen LogP contribution in [0, 0.1) is 0 Å².